The van der Waals surface area contributed by atoms with Crippen LogP contribution in [0.3, 0.4) is 0 Å². The van der Waals surface area contributed by atoms with Gasteiger partial charge in [0.15, 0.2) is 5.82 Å². The van der Waals surface area contributed by atoms with E-state index in [2.05, 4.69) is 10.6 Å². The molecule has 0 radical (unpaired) electrons. The zero-order valence-corrected chi connectivity index (χ0v) is 12.0. The Balaban J connectivity index is 2.08. The number of rotatable bonds is 4. The van der Waals surface area contributed by atoms with Gasteiger partial charge in [0.1, 0.15) is 5.82 Å². The molecule has 0 spiro atoms. The van der Waals surface area contributed by atoms with Crippen molar-refractivity contribution in [3.05, 3.63) is 64.2 Å². The van der Waals surface area contributed by atoms with E-state index < -0.39 is 11.6 Å². The number of anilines is 1. The van der Waals surface area contributed by atoms with Gasteiger partial charge in [-0.1, -0.05) is 23.7 Å². The third kappa shape index (κ3) is 3.70. The summed E-state index contributed by atoms with van der Waals surface area (Å²) in [4.78, 5) is 11.4. The summed E-state index contributed by atoms with van der Waals surface area (Å²) in [7, 11) is 1.55. The molecule has 2 aromatic carbocycles. The van der Waals surface area contributed by atoms with Gasteiger partial charge in [-0.05, 0) is 23.8 Å². The van der Waals surface area contributed by atoms with Gasteiger partial charge in [-0.15, -0.1) is 0 Å². The fraction of sp³-hybridized carbons (Fsp3) is 0.133. The first-order valence-electron chi connectivity index (χ1n) is 6.20. The molecule has 0 unspecified atom stereocenters. The first-order valence-corrected chi connectivity index (χ1v) is 6.58. The zero-order valence-electron chi connectivity index (χ0n) is 11.2. The van der Waals surface area contributed by atoms with E-state index in [1.165, 1.54) is 0 Å². The molecule has 2 rings (SSSR count). The Morgan fingerprint density at radius 3 is 2.43 bits per heavy atom. The summed E-state index contributed by atoms with van der Waals surface area (Å²) in [5, 5.41) is 5.32. The second-order valence-electron chi connectivity index (χ2n) is 4.37. The molecule has 6 heteroatoms. The predicted octanol–water partition coefficient (Wildman–Crippen LogP) is 3.59. The van der Waals surface area contributed by atoms with Crippen molar-refractivity contribution in [2.24, 2.45) is 0 Å². The van der Waals surface area contributed by atoms with E-state index >= 15 is 0 Å². The molecule has 1 amide bonds. The molecular weight excluding hydrogens is 298 g/mol. The number of nitrogens with one attached hydrogen (secondary N) is 2. The minimum atomic E-state index is -0.748. The van der Waals surface area contributed by atoms with Crippen LogP contribution < -0.4 is 10.6 Å². The third-order valence-electron chi connectivity index (χ3n) is 2.92. The minimum absolute atomic E-state index is 0.0190. The van der Waals surface area contributed by atoms with Crippen LogP contribution in [-0.2, 0) is 6.54 Å². The van der Waals surface area contributed by atoms with Crippen molar-refractivity contribution in [1.82, 2.24) is 5.32 Å². The molecule has 0 aromatic heterocycles. The van der Waals surface area contributed by atoms with E-state index in [1.54, 1.807) is 31.3 Å². The van der Waals surface area contributed by atoms with Gasteiger partial charge in [0, 0.05) is 25.2 Å². The molecule has 0 aliphatic heterocycles. The summed E-state index contributed by atoms with van der Waals surface area (Å²) in [5.74, 6) is -1.65. The average molecular weight is 311 g/mol. The Hall–Kier alpha value is -2.14. The van der Waals surface area contributed by atoms with Gasteiger partial charge in [0.25, 0.3) is 5.91 Å². The highest BCUT2D eigenvalue weighted by Crippen LogP contribution is 2.26. The summed E-state index contributed by atoms with van der Waals surface area (Å²) in [6, 6.07) is 8.63. The lowest BCUT2D eigenvalue weighted by Crippen LogP contribution is -2.17. The lowest BCUT2D eigenvalue weighted by Gasteiger charge is -2.10. The quantitative estimate of drug-likeness (QED) is 0.906. The molecule has 0 heterocycles. The maximum atomic E-state index is 13.6. The van der Waals surface area contributed by atoms with Crippen molar-refractivity contribution in [1.29, 1.82) is 0 Å². The summed E-state index contributed by atoms with van der Waals surface area (Å²) in [5.41, 5.74) is 1.42. The molecule has 0 saturated heterocycles. The predicted molar refractivity (Wildman–Crippen MR) is 78.5 cm³/mol. The topological polar surface area (TPSA) is 41.1 Å². The van der Waals surface area contributed by atoms with E-state index in [0.717, 1.165) is 17.7 Å². The van der Waals surface area contributed by atoms with Crippen LogP contribution in [-0.4, -0.2) is 13.0 Å². The van der Waals surface area contributed by atoms with Crippen molar-refractivity contribution in [3.63, 3.8) is 0 Å². The Kier molecular flexibility index (Phi) is 4.75. The van der Waals surface area contributed by atoms with Crippen LogP contribution in [0.4, 0.5) is 14.5 Å². The Bertz CT molecular complexity index is 636. The number of hydrogen-bond acceptors (Lipinski definition) is 2. The molecular formula is C15H13ClF2N2O. The standard InChI is InChI=1S/C15H13ClF2N2O/c1-19-15(21)10-4-2-9(3-5-10)8-20-14-12(16)6-11(17)7-13(14)18/h2-7,20H,8H2,1H3,(H,19,21). The van der Waals surface area contributed by atoms with Gasteiger partial charge < -0.3 is 10.6 Å². The van der Waals surface area contributed by atoms with Crippen LogP contribution in [0.5, 0.6) is 0 Å². The van der Waals surface area contributed by atoms with Gasteiger partial charge in [0.05, 0.1) is 10.7 Å². The molecule has 21 heavy (non-hydrogen) atoms. The zero-order chi connectivity index (χ0) is 15.4. The minimum Gasteiger partial charge on any atom is -0.377 e. The molecule has 0 saturated carbocycles. The van der Waals surface area contributed by atoms with Gasteiger partial charge in [0.2, 0.25) is 0 Å². The SMILES string of the molecule is CNC(=O)c1ccc(CNc2c(F)cc(F)cc2Cl)cc1. The van der Waals surface area contributed by atoms with E-state index in [9.17, 15) is 13.6 Å². The summed E-state index contributed by atoms with van der Waals surface area (Å²) < 4.78 is 26.5. The highest BCUT2D eigenvalue weighted by Gasteiger charge is 2.09. The van der Waals surface area contributed by atoms with Crippen LogP contribution in [0.15, 0.2) is 36.4 Å². The van der Waals surface area contributed by atoms with Gasteiger partial charge >= 0.3 is 0 Å². The lowest BCUT2D eigenvalue weighted by atomic mass is 10.1. The number of amides is 1. The van der Waals surface area contributed by atoms with Gasteiger partial charge in [-0.2, -0.15) is 0 Å². The molecule has 0 aliphatic carbocycles. The largest absolute Gasteiger partial charge is 0.377 e. The Morgan fingerprint density at radius 2 is 1.86 bits per heavy atom. The Labute approximate surface area is 125 Å². The second kappa shape index (κ2) is 6.54. The molecule has 2 N–H and O–H groups in total. The number of hydrogen-bond donors (Lipinski definition) is 2. The molecule has 0 fully saturated rings. The van der Waals surface area contributed by atoms with Gasteiger partial charge in [-0.3, -0.25) is 4.79 Å². The van der Waals surface area contributed by atoms with Crippen molar-refractivity contribution in [2.45, 2.75) is 6.54 Å². The van der Waals surface area contributed by atoms with E-state index in [1.807, 2.05) is 0 Å². The molecule has 2 aromatic rings. The highest BCUT2D eigenvalue weighted by molar-refractivity contribution is 6.33. The fourth-order valence-corrected chi connectivity index (χ4v) is 2.08. The third-order valence-corrected chi connectivity index (χ3v) is 3.22. The molecule has 3 nitrogen and oxygen atoms in total. The smallest absolute Gasteiger partial charge is 0.251 e. The van der Waals surface area contributed by atoms with E-state index in [0.29, 0.717) is 12.1 Å². The number of halogens is 3. The molecule has 110 valence electrons. The second-order valence-corrected chi connectivity index (χ2v) is 4.78. The summed E-state index contributed by atoms with van der Waals surface area (Å²) in [6.07, 6.45) is 0. The molecule has 0 atom stereocenters. The molecule has 0 bridgehead atoms. The van der Waals surface area contributed by atoms with Crippen molar-refractivity contribution >= 4 is 23.2 Å². The Morgan fingerprint density at radius 1 is 1.19 bits per heavy atom. The van der Waals surface area contributed by atoms with Crippen molar-refractivity contribution in [2.75, 3.05) is 12.4 Å². The normalized spacial score (nSPS) is 10.3. The number of carbonyl (C=O) groups excluding carboxylic acids is 1. The maximum absolute atomic E-state index is 13.6. The van der Waals surface area contributed by atoms with Crippen molar-refractivity contribution < 1.29 is 13.6 Å². The van der Waals surface area contributed by atoms with E-state index in [4.69, 9.17) is 11.6 Å². The maximum Gasteiger partial charge on any atom is 0.251 e. The average Bonchev–Trinajstić information content (AvgIpc) is 2.46. The van der Waals surface area contributed by atoms with Crippen LogP contribution in [0.25, 0.3) is 0 Å². The van der Waals surface area contributed by atoms with Gasteiger partial charge in [-0.25, -0.2) is 8.78 Å². The van der Waals surface area contributed by atoms with Crippen molar-refractivity contribution in [3.8, 4) is 0 Å². The van der Waals surface area contributed by atoms with Crippen LogP contribution in [0.2, 0.25) is 5.02 Å². The van der Waals surface area contributed by atoms with E-state index in [-0.39, 0.29) is 16.6 Å². The lowest BCUT2D eigenvalue weighted by molar-refractivity contribution is 0.0963. The first kappa shape index (κ1) is 15.3. The molecule has 0 aliphatic rings. The first-order chi connectivity index (χ1) is 10.0. The summed E-state index contributed by atoms with van der Waals surface area (Å²) in [6.45, 7) is 0.302. The fourth-order valence-electron chi connectivity index (χ4n) is 1.82. The number of carbonyl (C=O) groups is 1. The monoisotopic (exact) mass is 310 g/mol. The van der Waals surface area contributed by atoms with Crippen LogP contribution >= 0.6 is 11.6 Å². The summed E-state index contributed by atoms with van der Waals surface area (Å²) >= 11 is 5.79. The van der Waals surface area contributed by atoms with Crippen LogP contribution in [0.1, 0.15) is 15.9 Å². The number of benzene rings is 2. The highest BCUT2D eigenvalue weighted by atomic mass is 35.5. The van der Waals surface area contributed by atoms with Crippen LogP contribution in [0, 0.1) is 11.6 Å².